The van der Waals surface area contributed by atoms with Crippen molar-refractivity contribution in [2.45, 2.75) is 25.6 Å². The van der Waals surface area contributed by atoms with E-state index in [4.69, 9.17) is 10.5 Å². The van der Waals surface area contributed by atoms with Gasteiger partial charge < -0.3 is 19.9 Å². The Morgan fingerprint density at radius 2 is 2.50 bits per heavy atom. The van der Waals surface area contributed by atoms with Crippen LogP contribution >= 0.6 is 0 Å². The lowest BCUT2D eigenvalue weighted by molar-refractivity contribution is -0.0278. The third kappa shape index (κ3) is 2.61. The van der Waals surface area contributed by atoms with Gasteiger partial charge in [-0.3, -0.25) is 0 Å². The summed E-state index contributed by atoms with van der Waals surface area (Å²) in [6.45, 7) is 5.60. The number of nitrogens with two attached hydrogens (primary N) is 1. The molecule has 0 saturated carbocycles. The zero-order valence-corrected chi connectivity index (χ0v) is 9.97. The van der Waals surface area contributed by atoms with Crippen molar-refractivity contribution < 1.29 is 4.74 Å². The van der Waals surface area contributed by atoms with Crippen molar-refractivity contribution in [1.29, 1.82) is 0 Å². The maximum Gasteiger partial charge on any atom is 0.0949 e. The Kier molecular flexibility index (Phi) is 3.58. The third-order valence-corrected chi connectivity index (χ3v) is 2.95. The molecule has 0 aliphatic carbocycles. The van der Waals surface area contributed by atoms with Crippen LogP contribution in [0.25, 0.3) is 0 Å². The standard InChI is InChI=1S/C11H20N4O/c1-9(12)11-5-13-8-15(11)7-10-6-14(2)3-4-16-10/h5,8-10H,3-4,6-7,12H2,1-2H3/t9-,10?/m0/s1. The van der Waals surface area contributed by atoms with Gasteiger partial charge in [0.2, 0.25) is 0 Å². The number of morpholine rings is 1. The second-order valence-electron chi connectivity index (χ2n) is 4.51. The highest BCUT2D eigenvalue weighted by Gasteiger charge is 2.19. The Morgan fingerprint density at radius 1 is 1.69 bits per heavy atom. The molecule has 2 atom stereocenters. The number of likely N-dealkylation sites (N-methyl/N-ethyl adjacent to an activating group) is 1. The van der Waals surface area contributed by atoms with Crippen LogP contribution in [-0.2, 0) is 11.3 Å². The van der Waals surface area contributed by atoms with E-state index in [1.165, 1.54) is 0 Å². The lowest BCUT2D eigenvalue weighted by atomic mass is 10.2. The van der Waals surface area contributed by atoms with Crippen molar-refractivity contribution in [1.82, 2.24) is 14.5 Å². The van der Waals surface area contributed by atoms with Gasteiger partial charge in [-0.05, 0) is 14.0 Å². The summed E-state index contributed by atoms with van der Waals surface area (Å²) in [4.78, 5) is 6.43. The highest BCUT2D eigenvalue weighted by Crippen LogP contribution is 2.12. The Balaban J connectivity index is 2.00. The number of ether oxygens (including phenoxy) is 1. The first kappa shape index (κ1) is 11.6. The molecule has 1 aromatic rings. The van der Waals surface area contributed by atoms with Crippen LogP contribution in [0.15, 0.2) is 12.5 Å². The van der Waals surface area contributed by atoms with Crippen LogP contribution in [-0.4, -0.2) is 47.3 Å². The number of rotatable bonds is 3. The van der Waals surface area contributed by atoms with Gasteiger partial charge in [-0.25, -0.2) is 4.98 Å². The van der Waals surface area contributed by atoms with E-state index in [1.54, 1.807) is 0 Å². The number of imidazole rings is 1. The van der Waals surface area contributed by atoms with Crippen molar-refractivity contribution in [3.8, 4) is 0 Å². The fourth-order valence-corrected chi connectivity index (χ4v) is 2.06. The molecule has 1 aromatic heterocycles. The summed E-state index contributed by atoms with van der Waals surface area (Å²) in [5.74, 6) is 0. The fraction of sp³-hybridized carbons (Fsp3) is 0.727. The first-order chi connectivity index (χ1) is 7.66. The van der Waals surface area contributed by atoms with Gasteiger partial charge >= 0.3 is 0 Å². The molecule has 0 radical (unpaired) electrons. The summed E-state index contributed by atoms with van der Waals surface area (Å²) < 4.78 is 7.82. The molecule has 2 heterocycles. The molecular weight excluding hydrogens is 204 g/mol. The Morgan fingerprint density at radius 3 is 3.19 bits per heavy atom. The summed E-state index contributed by atoms with van der Waals surface area (Å²) >= 11 is 0. The molecule has 5 nitrogen and oxygen atoms in total. The molecule has 16 heavy (non-hydrogen) atoms. The maximum absolute atomic E-state index is 5.88. The SMILES string of the molecule is C[C@H](N)c1cncn1CC1CN(C)CCO1. The van der Waals surface area contributed by atoms with E-state index < -0.39 is 0 Å². The van der Waals surface area contributed by atoms with Gasteiger partial charge in [0, 0.05) is 25.3 Å². The largest absolute Gasteiger partial charge is 0.374 e. The smallest absolute Gasteiger partial charge is 0.0949 e. The minimum absolute atomic E-state index is 0.0174. The molecule has 1 saturated heterocycles. The average molecular weight is 224 g/mol. The molecule has 1 aliphatic heterocycles. The van der Waals surface area contributed by atoms with E-state index in [9.17, 15) is 0 Å². The van der Waals surface area contributed by atoms with Crippen molar-refractivity contribution in [3.05, 3.63) is 18.2 Å². The number of aromatic nitrogens is 2. The van der Waals surface area contributed by atoms with E-state index in [0.29, 0.717) is 0 Å². The highest BCUT2D eigenvalue weighted by atomic mass is 16.5. The number of nitrogens with zero attached hydrogens (tertiary/aromatic N) is 3. The molecule has 0 bridgehead atoms. The van der Waals surface area contributed by atoms with Crippen LogP contribution in [0, 0.1) is 0 Å². The Labute approximate surface area is 96.2 Å². The molecule has 0 spiro atoms. The molecule has 2 N–H and O–H groups in total. The normalized spacial score (nSPS) is 24.6. The van der Waals surface area contributed by atoms with E-state index >= 15 is 0 Å². The van der Waals surface area contributed by atoms with E-state index in [0.717, 1.165) is 31.9 Å². The summed E-state index contributed by atoms with van der Waals surface area (Å²) in [5, 5.41) is 0. The molecule has 90 valence electrons. The molecule has 2 rings (SSSR count). The van der Waals surface area contributed by atoms with E-state index in [1.807, 2.05) is 19.4 Å². The van der Waals surface area contributed by atoms with Crippen LogP contribution in [0.1, 0.15) is 18.7 Å². The lowest BCUT2D eigenvalue weighted by Crippen LogP contribution is -2.42. The second-order valence-corrected chi connectivity index (χ2v) is 4.51. The van der Waals surface area contributed by atoms with Gasteiger partial charge in [0.05, 0.1) is 31.3 Å². The molecule has 0 aromatic carbocycles. The molecule has 0 amide bonds. The Bertz CT molecular complexity index is 336. The van der Waals surface area contributed by atoms with Crippen LogP contribution < -0.4 is 5.73 Å². The van der Waals surface area contributed by atoms with Crippen LogP contribution in [0.3, 0.4) is 0 Å². The van der Waals surface area contributed by atoms with Gasteiger partial charge in [-0.2, -0.15) is 0 Å². The zero-order chi connectivity index (χ0) is 11.5. The minimum Gasteiger partial charge on any atom is -0.374 e. The van der Waals surface area contributed by atoms with Gasteiger partial charge in [0.15, 0.2) is 0 Å². The van der Waals surface area contributed by atoms with E-state index in [2.05, 4.69) is 21.5 Å². The van der Waals surface area contributed by atoms with Gasteiger partial charge in [-0.15, -0.1) is 0 Å². The lowest BCUT2D eigenvalue weighted by Gasteiger charge is -2.30. The molecular formula is C11H20N4O. The predicted molar refractivity (Wildman–Crippen MR) is 62.1 cm³/mol. The first-order valence-corrected chi connectivity index (χ1v) is 5.72. The fourth-order valence-electron chi connectivity index (χ4n) is 2.06. The number of hydrogen-bond donors (Lipinski definition) is 1. The topological polar surface area (TPSA) is 56.3 Å². The predicted octanol–water partition coefficient (Wildman–Crippen LogP) is 0.233. The summed E-state index contributed by atoms with van der Waals surface area (Å²) in [7, 11) is 2.12. The van der Waals surface area contributed by atoms with Crippen molar-refractivity contribution in [2.24, 2.45) is 5.73 Å². The molecule has 1 fully saturated rings. The minimum atomic E-state index is 0.0174. The molecule has 1 aliphatic rings. The molecule has 5 heteroatoms. The van der Waals surface area contributed by atoms with Crippen LogP contribution in [0.2, 0.25) is 0 Å². The molecule has 1 unspecified atom stereocenters. The van der Waals surface area contributed by atoms with Crippen molar-refractivity contribution in [3.63, 3.8) is 0 Å². The quantitative estimate of drug-likeness (QED) is 0.798. The second kappa shape index (κ2) is 4.95. The third-order valence-electron chi connectivity index (χ3n) is 2.95. The van der Waals surface area contributed by atoms with E-state index in [-0.39, 0.29) is 12.1 Å². The maximum atomic E-state index is 5.88. The first-order valence-electron chi connectivity index (χ1n) is 5.72. The van der Waals surface area contributed by atoms with Crippen LogP contribution in [0.5, 0.6) is 0 Å². The highest BCUT2D eigenvalue weighted by molar-refractivity contribution is 5.03. The van der Waals surface area contributed by atoms with Gasteiger partial charge in [0.1, 0.15) is 0 Å². The summed E-state index contributed by atoms with van der Waals surface area (Å²) in [5.41, 5.74) is 6.95. The summed E-state index contributed by atoms with van der Waals surface area (Å²) in [6.07, 6.45) is 3.90. The monoisotopic (exact) mass is 224 g/mol. The van der Waals surface area contributed by atoms with Crippen molar-refractivity contribution >= 4 is 0 Å². The van der Waals surface area contributed by atoms with Gasteiger partial charge in [0.25, 0.3) is 0 Å². The van der Waals surface area contributed by atoms with Crippen LogP contribution in [0.4, 0.5) is 0 Å². The Hall–Kier alpha value is -0.910. The van der Waals surface area contributed by atoms with Gasteiger partial charge in [-0.1, -0.05) is 0 Å². The van der Waals surface area contributed by atoms with Crippen molar-refractivity contribution in [2.75, 3.05) is 26.7 Å². The summed E-state index contributed by atoms with van der Waals surface area (Å²) in [6, 6.07) is 0.0174. The zero-order valence-electron chi connectivity index (χ0n) is 9.97. The average Bonchev–Trinajstić information content (AvgIpc) is 2.66. The number of hydrogen-bond acceptors (Lipinski definition) is 4.